The Balaban J connectivity index is 2.93. The summed E-state index contributed by atoms with van der Waals surface area (Å²) in [5.74, 6) is 0. The van der Waals surface area contributed by atoms with Crippen molar-refractivity contribution in [3.05, 3.63) is 21.9 Å². The lowest BCUT2D eigenvalue weighted by molar-refractivity contribution is -0.124. The molecule has 0 aromatic carbocycles. The summed E-state index contributed by atoms with van der Waals surface area (Å²) in [4.78, 5) is 10.7. The summed E-state index contributed by atoms with van der Waals surface area (Å²) in [5, 5.41) is 2.84. The number of carbonyl (C=O) groups is 1. The zero-order valence-electron chi connectivity index (χ0n) is 6.00. The third kappa shape index (κ3) is 1.46. The van der Waals surface area contributed by atoms with E-state index >= 15 is 0 Å². The molecule has 0 spiro atoms. The molecular formula is C7H8INO2. The molecule has 1 heterocycles. The van der Waals surface area contributed by atoms with E-state index in [0.29, 0.717) is 0 Å². The second kappa shape index (κ2) is 3.36. The summed E-state index contributed by atoms with van der Waals surface area (Å²) >= 11 is 2.06. The van der Waals surface area contributed by atoms with Crippen molar-refractivity contribution in [3.8, 4) is 0 Å². The topological polar surface area (TPSA) is 38.3 Å². The fourth-order valence-electron chi connectivity index (χ4n) is 0.792. The lowest BCUT2D eigenvalue weighted by Crippen LogP contribution is -2.47. The van der Waals surface area contributed by atoms with E-state index in [2.05, 4.69) is 27.9 Å². The van der Waals surface area contributed by atoms with Crippen molar-refractivity contribution in [1.82, 2.24) is 5.32 Å². The molecule has 1 aliphatic rings. The second-order valence-electron chi connectivity index (χ2n) is 2.08. The molecule has 4 heteroatoms. The molecule has 0 amide bonds. The Morgan fingerprint density at radius 2 is 2.55 bits per heavy atom. The second-order valence-corrected chi connectivity index (χ2v) is 3.24. The van der Waals surface area contributed by atoms with Gasteiger partial charge in [0.25, 0.3) is 0 Å². The highest BCUT2D eigenvalue weighted by atomic mass is 127. The summed E-state index contributed by atoms with van der Waals surface area (Å²) in [6.45, 7) is 0. The summed E-state index contributed by atoms with van der Waals surface area (Å²) in [7, 11) is 1.49. The number of hydrogen-bond acceptors (Lipinski definition) is 3. The van der Waals surface area contributed by atoms with E-state index in [0.717, 1.165) is 9.87 Å². The molecule has 0 fully saturated rings. The molecule has 1 rings (SSSR count). The maximum Gasteiger partial charge on any atom is 0.227 e. The van der Waals surface area contributed by atoms with E-state index in [-0.39, 0.29) is 0 Å². The van der Waals surface area contributed by atoms with Gasteiger partial charge in [-0.05, 0) is 40.9 Å². The van der Waals surface area contributed by atoms with E-state index in [1.54, 1.807) is 6.20 Å². The third-order valence-electron chi connectivity index (χ3n) is 1.48. The highest BCUT2D eigenvalue weighted by Gasteiger charge is 2.32. The lowest BCUT2D eigenvalue weighted by atomic mass is 10.2. The van der Waals surface area contributed by atoms with Crippen molar-refractivity contribution in [2.45, 2.75) is 5.72 Å². The number of rotatable bonds is 2. The maximum absolute atomic E-state index is 10.7. The van der Waals surface area contributed by atoms with Crippen LogP contribution in [0.3, 0.4) is 0 Å². The molecule has 0 aromatic heterocycles. The smallest absolute Gasteiger partial charge is 0.227 e. The summed E-state index contributed by atoms with van der Waals surface area (Å²) in [6, 6.07) is 0. The molecule has 1 unspecified atom stereocenters. The molecule has 0 aliphatic carbocycles. The van der Waals surface area contributed by atoms with Crippen LogP contribution in [0.4, 0.5) is 0 Å². The van der Waals surface area contributed by atoms with E-state index in [9.17, 15) is 4.79 Å². The predicted octanol–water partition coefficient (Wildman–Crippen LogP) is 0.964. The van der Waals surface area contributed by atoms with Crippen LogP contribution in [0.15, 0.2) is 21.9 Å². The van der Waals surface area contributed by atoms with Gasteiger partial charge in [0.2, 0.25) is 5.72 Å². The molecule has 0 saturated carbocycles. The molecule has 11 heavy (non-hydrogen) atoms. The first kappa shape index (κ1) is 8.73. The fraction of sp³-hybridized carbons (Fsp3) is 0.286. The van der Waals surface area contributed by atoms with Gasteiger partial charge in [-0.1, -0.05) is 0 Å². The van der Waals surface area contributed by atoms with Crippen LogP contribution in [0.25, 0.3) is 0 Å². The zero-order valence-corrected chi connectivity index (χ0v) is 8.16. The molecule has 1 atom stereocenters. The highest BCUT2D eigenvalue weighted by Crippen LogP contribution is 2.24. The molecule has 0 aromatic rings. The predicted molar refractivity (Wildman–Crippen MR) is 50.2 cm³/mol. The number of hydrogen-bond donors (Lipinski definition) is 1. The Hall–Kier alpha value is -0.360. The molecule has 0 radical (unpaired) electrons. The minimum Gasteiger partial charge on any atom is -0.354 e. The van der Waals surface area contributed by atoms with Crippen LogP contribution < -0.4 is 5.32 Å². The molecule has 60 valence electrons. The van der Waals surface area contributed by atoms with Gasteiger partial charge in [0.1, 0.15) is 0 Å². The largest absolute Gasteiger partial charge is 0.354 e. The molecule has 0 bridgehead atoms. The van der Waals surface area contributed by atoms with Crippen LogP contribution in [-0.4, -0.2) is 19.1 Å². The van der Waals surface area contributed by atoms with Crippen LogP contribution >= 0.6 is 22.6 Å². The Morgan fingerprint density at radius 3 is 2.91 bits per heavy atom. The molecule has 3 nitrogen and oxygen atoms in total. The van der Waals surface area contributed by atoms with Gasteiger partial charge < -0.3 is 10.1 Å². The Bertz CT molecular complexity index is 224. The molecule has 1 N–H and O–H groups in total. The number of halogens is 1. The molecule has 0 saturated heterocycles. The molecular weight excluding hydrogens is 257 g/mol. The van der Waals surface area contributed by atoms with Crippen LogP contribution in [0.1, 0.15) is 0 Å². The third-order valence-corrected chi connectivity index (χ3v) is 2.64. The Labute approximate surface area is 78.6 Å². The lowest BCUT2D eigenvalue weighted by Gasteiger charge is -2.28. The number of nitrogens with one attached hydrogen (secondary N) is 1. The van der Waals surface area contributed by atoms with Crippen molar-refractivity contribution >= 4 is 28.9 Å². The van der Waals surface area contributed by atoms with Gasteiger partial charge in [0.15, 0.2) is 6.29 Å². The van der Waals surface area contributed by atoms with E-state index < -0.39 is 5.72 Å². The number of ether oxygens (including phenoxy) is 1. The SMILES string of the molecule is COC1(C=O)NC=CC=C1I. The number of dihydropyridines is 1. The zero-order chi connectivity index (χ0) is 8.32. The Morgan fingerprint density at radius 1 is 1.82 bits per heavy atom. The minimum atomic E-state index is -0.949. The number of methoxy groups -OCH3 is 1. The van der Waals surface area contributed by atoms with Gasteiger partial charge in [0.05, 0.1) is 3.58 Å². The van der Waals surface area contributed by atoms with Crippen LogP contribution in [-0.2, 0) is 9.53 Å². The standard InChI is InChI=1S/C7H8INO2/c1-11-7(5-10)6(8)3-2-4-9-7/h2-5,9H,1H3. The summed E-state index contributed by atoms with van der Waals surface area (Å²) in [6.07, 6.45) is 6.08. The summed E-state index contributed by atoms with van der Waals surface area (Å²) in [5.41, 5.74) is -0.949. The van der Waals surface area contributed by atoms with Gasteiger partial charge in [-0.3, -0.25) is 4.79 Å². The van der Waals surface area contributed by atoms with Crippen LogP contribution in [0.2, 0.25) is 0 Å². The Kier molecular flexibility index (Phi) is 2.67. The summed E-state index contributed by atoms with van der Waals surface area (Å²) < 4.78 is 5.86. The van der Waals surface area contributed by atoms with Crippen molar-refractivity contribution in [2.75, 3.05) is 7.11 Å². The normalized spacial score (nSPS) is 29.1. The van der Waals surface area contributed by atoms with Gasteiger partial charge in [-0.2, -0.15) is 0 Å². The van der Waals surface area contributed by atoms with Crippen molar-refractivity contribution in [1.29, 1.82) is 0 Å². The first-order valence-corrected chi connectivity index (χ1v) is 4.15. The van der Waals surface area contributed by atoms with E-state index in [4.69, 9.17) is 4.74 Å². The van der Waals surface area contributed by atoms with Crippen LogP contribution in [0, 0.1) is 0 Å². The van der Waals surface area contributed by atoms with Crippen molar-refractivity contribution in [2.24, 2.45) is 0 Å². The van der Waals surface area contributed by atoms with E-state index in [1.807, 2.05) is 12.2 Å². The van der Waals surface area contributed by atoms with Crippen LogP contribution in [0.5, 0.6) is 0 Å². The maximum atomic E-state index is 10.7. The minimum absolute atomic E-state index is 0.745. The van der Waals surface area contributed by atoms with Gasteiger partial charge in [-0.25, -0.2) is 0 Å². The number of aldehydes is 1. The van der Waals surface area contributed by atoms with Crippen molar-refractivity contribution in [3.63, 3.8) is 0 Å². The quantitative estimate of drug-likeness (QED) is 0.597. The van der Waals surface area contributed by atoms with E-state index in [1.165, 1.54) is 7.11 Å². The van der Waals surface area contributed by atoms with Gasteiger partial charge in [-0.15, -0.1) is 0 Å². The number of allylic oxidation sites excluding steroid dienone is 2. The fourth-order valence-corrected chi connectivity index (χ4v) is 1.50. The first-order valence-electron chi connectivity index (χ1n) is 3.07. The highest BCUT2D eigenvalue weighted by molar-refractivity contribution is 14.1. The van der Waals surface area contributed by atoms with Gasteiger partial charge in [0, 0.05) is 7.11 Å². The monoisotopic (exact) mass is 265 g/mol. The molecule has 1 aliphatic heterocycles. The average molecular weight is 265 g/mol. The van der Waals surface area contributed by atoms with Crippen molar-refractivity contribution < 1.29 is 9.53 Å². The number of carbonyl (C=O) groups excluding carboxylic acids is 1. The first-order chi connectivity index (χ1) is 5.25. The van der Waals surface area contributed by atoms with Gasteiger partial charge >= 0.3 is 0 Å². The average Bonchev–Trinajstić information content (AvgIpc) is 2.06.